The Bertz CT molecular complexity index is 699. The fraction of sp³-hybridized carbons (Fsp3) is 0.250. The average molecular weight is 341 g/mol. The van der Waals surface area contributed by atoms with E-state index in [0.29, 0.717) is 12.1 Å². The summed E-state index contributed by atoms with van der Waals surface area (Å²) in [6.45, 7) is 2.55. The Hall–Kier alpha value is -2.26. The van der Waals surface area contributed by atoms with Crippen LogP contribution in [0.25, 0.3) is 0 Å². The van der Waals surface area contributed by atoms with Gasteiger partial charge in [-0.2, -0.15) is 0 Å². The van der Waals surface area contributed by atoms with E-state index >= 15 is 0 Å². The number of carbonyl (C=O) groups excluding carboxylic acids is 1. The van der Waals surface area contributed by atoms with Crippen LogP contribution < -0.4 is 10.2 Å². The van der Waals surface area contributed by atoms with E-state index in [1.54, 1.807) is 0 Å². The van der Waals surface area contributed by atoms with Crippen LogP contribution in [0.1, 0.15) is 22.3 Å². The lowest BCUT2D eigenvalue weighted by Crippen LogP contribution is -2.25. The Morgan fingerprint density at radius 2 is 1.67 bits per heavy atom. The first kappa shape index (κ1) is 16.6. The Morgan fingerprint density at radius 1 is 1.00 bits per heavy atom. The third kappa shape index (κ3) is 4.39. The van der Waals surface area contributed by atoms with E-state index in [9.17, 15) is 4.79 Å². The first-order valence-electron chi connectivity index (χ1n) is 8.25. The van der Waals surface area contributed by atoms with E-state index in [4.69, 9.17) is 11.6 Å². The zero-order valence-electron chi connectivity index (χ0n) is 13.5. The largest absolute Gasteiger partial charge is 0.364 e. The summed E-state index contributed by atoms with van der Waals surface area (Å²) in [5.41, 5.74) is 3.09. The second-order valence-electron chi connectivity index (χ2n) is 5.91. The van der Waals surface area contributed by atoms with Crippen LogP contribution in [0.5, 0.6) is 0 Å². The SMILES string of the molecule is O=C(NCCCc1ccc(Cl)cc1)c1ccc(N2CC=CC2)cc1. The number of anilines is 1. The maximum atomic E-state index is 12.2. The highest BCUT2D eigenvalue weighted by Crippen LogP contribution is 2.17. The molecule has 1 N–H and O–H groups in total. The van der Waals surface area contributed by atoms with Gasteiger partial charge >= 0.3 is 0 Å². The summed E-state index contributed by atoms with van der Waals surface area (Å²) in [4.78, 5) is 14.4. The molecule has 24 heavy (non-hydrogen) atoms. The van der Waals surface area contributed by atoms with Gasteiger partial charge in [0.1, 0.15) is 0 Å². The van der Waals surface area contributed by atoms with Gasteiger partial charge in [0.25, 0.3) is 5.91 Å². The normalized spacial score (nSPS) is 13.3. The first-order valence-corrected chi connectivity index (χ1v) is 8.63. The van der Waals surface area contributed by atoms with E-state index in [-0.39, 0.29) is 5.91 Å². The van der Waals surface area contributed by atoms with E-state index in [0.717, 1.165) is 36.6 Å². The van der Waals surface area contributed by atoms with Gasteiger partial charge in [0.05, 0.1) is 0 Å². The van der Waals surface area contributed by atoms with Crippen molar-refractivity contribution in [1.29, 1.82) is 0 Å². The highest BCUT2D eigenvalue weighted by molar-refractivity contribution is 6.30. The summed E-state index contributed by atoms with van der Waals surface area (Å²) in [6, 6.07) is 15.6. The van der Waals surface area contributed by atoms with Crippen LogP contribution in [0.2, 0.25) is 5.02 Å². The molecular weight excluding hydrogens is 320 g/mol. The number of hydrogen-bond acceptors (Lipinski definition) is 2. The number of carbonyl (C=O) groups is 1. The molecule has 0 atom stereocenters. The molecule has 1 aliphatic rings. The van der Waals surface area contributed by atoms with Crippen molar-refractivity contribution in [1.82, 2.24) is 5.32 Å². The lowest BCUT2D eigenvalue weighted by molar-refractivity contribution is 0.0953. The summed E-state index contributed by atoms with van der Waals surface area (Å²) in [5.74, 6) is -0.0165. The number of amides is 1. The zero-order valence-corrected chi connectivity index (χ0v) is 14.3. The van der Waals surface area contributed by atoms with Gasteiger partial charge in [-0.05, 0) is 54.8 Å². The van der Waals surface area contributed by atoms with Crippen molar-refractivity contribution in [3.05, 3.63) is 76.8 Å². The quantitative estimate of drug-likeness (QED) is 0.635. The van der Waals surface area contributed by atoms with Gasteiger partial charge in [-0.3, -0.25) is 4.79 Å². The molecule has 0 saturated carbocycles. The molecule has 0 bridgehead atoms. The topological polar surface area (TPSA) is 32.3 Å². The van der Waals surface area contributed by atoms with Crippen molar-refractivity contribution in [2.75, 3.05) is 24.5 Å². The molecule has 3 nitrogen and oxygen atoms in total. The highest BCUT2D eigenvalue weighted by atomic mass is 35.5. The first-order chi connectivity index (χ1) is 11.7. The van der Waals surface area contributed by atoms with Crippen molar-refractivity contribution >= 4 is 23.2 Å². The molecule has 124 valence electrons. The molecule has 3 rings (SSSR count). The molecule has 0 saturated heterocycles. The van der Waals surface area contributed by atoms with Crippen LogP contribution >= 0.6 is 11.6 Å². The third-order valence-electron chi connectivity index (χ3n) is 4.15. The third-order valence-corrected chi connectivity index (χ3v) is 4.41. The van der Waals surface area contributed by atoms with Crippen molar-refractivity contribution in [3.63, 3.8) is 0 Å². The standard InChI is InChI=1S/C20H21ClN2O/c21-18-9-5-16(6-10-18)4-3-13-22-20(24)17-7-11-19(12-8-17)23-14-1-2-15-23/h1-2,5-12H,3-4,13-15H2,(H,22,24). The molecule has 4 heteroatoms. The molecule has 2 aromatic carbocycles. The second kappa shape index (κ2) is 8.02. The van der Waals surface area contributed by atoms with Crippen LogP contribution in [0, 0.1) is 0 Å². The summed E-state index contributed by atoms with van der Waals surface area (Å²) >= 11 is 5.87. The minimum Gasteiger partial charge on any atom is -0.364 e. The fourth-order valence-electron chi connectivity index (χ4n) is 2.76. The predicted octanol–water partition coefficient (Wildman–Crippen LogP) is 4.08. The number of rotatable bonds is 6. The van der Waals surface area contributed by atoms with Crippen molar-refractivity contribution in [2.45, 2.75) is 12.8 Å². The van der Waals surface area contributed by atoms with Gasteiger partial charge in [0, 0.05) is 35.9 Å². The summed E-state index contributed by atoms with van der Waals surface area (Å²) in [5, 5.41) is 3.73. The lowest BCUT2D eigenvalue weighted by Gasteiger charge is -2.17. The van der Waals surface area contributed by atoms with Gasteiger partial charge in [-0.15, -0.1) is 0 Å². The minimum absolute atomic E-state index is 0.0165. The Balaban J connectivity index is 1.43. The number of nitrogens with one attached hydrogen (secondary N) is 1. The van der Waals surface area contributed by atoms with Gasteiger partial charge < -0.3 is 10.2 Å². The number of nitrogens with zero attached hydrogens (tertiary/aromatic N) is 1. The van der Waals surface area contributed by atoms with Crippen LogP contribution in [0.4, 0.5) is 5.69 Å². The maximum absolute atomic E-state index is 12.2. The molecule has 0 radical (unpaired) electrons. The van der Waals surface area contributed by atoms with E-state index in [1.165, 1.54) is 5.56 Å². The van der Waals surface area contributed by atoms with Crippen LogP contribution in [0.15, 0.2) is 60.7 Å². The Labute approximate surface area is 147 Å². The fourth-order valence-corrected chi connectivity index (χ4v) is 2.89. The maximum Gasteiger partial charge on any atom is 0.251 e. The van der Waals surface area contributed by atoms with Crippen LogP contribution in [0.3, 0.4) is 0 Å². The number of aryl methyl sites for hydroxylation is 1. The van der Waals surface area contributed by atoms with Gasteiger partial charge in [0.2, 0.25) is 0 Å². The number of benzene rings is 2. The molecule has 0 aromatic heterocycles. The summed E-state index contributed by atoms with van der Waals surface area (Å²) < 4.78 is 0. The second-order valence-corrected chi connectivity index (χ2v) is 6.35. The molecule has 1 aliphatic heterocycles. The molecule has 0 aliphatic carbocycles. The van der Waals surface area contributed by atoms with Gasteiger partial charge in [-0.1, -0.05) is 35.9 Å². The number of hydrogen-bond donors (Lipinski definition) is 1. The van der Waals surface area contributed by atoms with Crippen LogP contribution in [-0.2, 0) is 6.42 Å². The van der Waals surface area contributed by atoms with Gasteiger partial charge in [0.15, 0.2) is 0 Å². The molecule has 0 fully saturated rings. The van der Waals surface area contributed by atoms with Gasteiger partial charge in [-0.25, -0.2) is 0 Å². The number of halogens is 1. The monoisotopic (exact) mass is 340 g/mol. The van der Waals surface area contributed by atoms with E-state index < -0.39 is 0 Å². The van der Waals surface area contributed by atoms with Crippen molar-refractivity contribution < 1.29 is 4.79 Å². The van der Waals surface area contributed by atoms with E-state index in [2.05, 4.69) is 22.4 Å². The molecule has 0 unspecified atom stereocenters. The Kier molecular flexibility index (Phi) is 5.55. The van der Waals surface area contributed by atoms with E-state index in [1.807, 2.05) is 48.5 Å². The van der Waals surface area contributed by atoms with Crippen molar-refractivity contribution in [2.24, 2.45) is 0 Å². The lowest BCUT2D eigenvalue weighted by atomic mass is 10.1. The molecule has 0 spiro atoms. The van der Waals surface area contributed by atoms with Crippen LogP contribution in [-0.4, -0.2) is 25.5 Å². The Morgan fingerprint density at radius 3 is 2.33 bits per heavy atom. The van der Waals surface area contributed by atoms with Crippen molar-refractivity contribution in [3.8, 4) is 0 Å². The average Bonchev–Trinajstić information content (AvgIpc) is 3.15. The summed E-state index contributed by atoms with van der Waals surface area (Å²) in [6.07, 6.45) is 6.14. The highest BCUT2D eigenvalue weighted by Gasteiger charge is 2.09. The zero-order chi connectivity index (χ0) is 16.8. The molecule has 2 aromatic rings. The molecule has 1 heterocycles. The predicted molar refractivity (Wildman–Crippen MR) is 99.9 cm³/mol. The molecule has 1 amide bonds. The molecular formula is C20H21ClN2O. The summed E-state index contributed by atoms with van der Waals surface area (Å²) in [7, 11) is 0. The smallest absolute Gasteiger partial charge is 0.251 e. The minimum atomic E-state index is -0.0165.